The molecule has 6 nitrogen and oxygen atoms in total. The van der Waals surface area contributed by atoms with Crippen LogP contribution in [0.5, 0.6) is 0 Å². The third-order valence-corrected chi connectivity index (χ3v) is 4.36. The van der Waals surface area contributed by atoms with E-state index in [1.165, 1.54) is 6.07 Å². The van der Waals surface area contributed by atoms with Gasteiger partial charge in [-0.15, -0.1) is 0 Å². The molecule has 0 saturated carbocycles. The van der Waals surface area contributed by atoms with Gasteiger partial charge < -0.3 is 14.5 Å². The van der Waals surface area contributed by atoms with Gasteiger partial charge in [0.25, 0.3) is 0 Å². The fourth-order valence-corrected chi connectivity index (χ4v) is 3.21. The van der Waals surface area contributed by atoms with E-state index in [1.807, 2.05) is 6.07 Å². The molecule has 25 heavy (non-hydrogen) atoms. The van der Waals surface area contributed by atoms with Crippen molar-refractivity contribution in [1.29, 1.82) is 0 Å². The normalized spacial score (nSPS) is 16.0. The van der Waals surface area contributed by atoms with Crippen molar-refractivity contribution in [2.75, 3.05) is 11.9 Å². The summed E-state index contributed by atoms with van der Waals surface area (Å²) in [5.74, 6) is -0.158. The van der Waals surface area contributed by atoms with Gasteiger partial charge in [-0.1, -0.05) is 6.07 Å². The van der Waals surface area contributed by atoms with Gasteiger partial charge in [0.2, 0.25) is 0 Å². The molecule has 0 amide bonds. The Morgan fingerprint density at radius 3 is 3.20 bits per heavy atom. The molecule has 1 N–H and O–H groups in total. The lowest BCUT2D eigenvalue weighted by Gasteiger charge is -2.15. The van der Waals surface area contributed by atoms with Crippen molar-refractivity contribution in [1.82, 2.24) is 14.4 Å². The summed E-state index contributed by atoms with van der Waals surface area (Å²) in [4.78, 5) is 20.6. The molecule has 2 aromatic heterocycles. The molecule has 7 heteroatoms. The van der Waals surface area contributed by atoms with Crippen molar-refractivity contribution in [2.45, 2.75) is 25.8 Å². The van der Waals surface area contributed by atoms with E-state index in [9.17, 15) is 9.18 Å². The lowest BCUT2D eigenvalue weighted by Crippen LogP contribution is -2.10. The van der Waals surface area contributed by atoms with E-state index in [0.29, 0.717) is 18.1 Å². The van der Waals surface area contributed by atoms with Gasteiger partial charge in [-0.3, -0.25) is 0 Å². The average molecular weight is 340 g/mol. The van der Waals surface area contributed by atoms with Crippen LogP contribution in [0.4, 0.5) is 10.2 Å². The van der Waals surface area contributed by atoms with Crippen LogP contribution in [0.25, 0.3) is 5.65 Å². The molecule has 1 aromatic carbocycles. The van der Waals surface area contributed by atoms with Crippen LogP contribution >= 0.6 is 0 Å². The third kappa shape index (κ3) is 2.82. The lowest BCUT2D eigenvalue weighted by atomic mass is 10.1. The van der Waals surface area contributed by atoms with Crippen molar-refractivity contribution in [3.05, 3.63) is 59.4 Å². The van der Waals surface area contributed by atoms with Crippen LogP contribution in [-0.4, -0.2) is 26.9 Å². The van der Waals surface area contributed by atoms with E-state index in [-0.39, 0.29) is 17.6 Å². The van der Waals surface area contributed by atoms with Crippen LogP contribution in [0.2, 0.25) is 0 Å². The van der Waals surface area contributed by atoms with E-state index < -0.39 is 5.97 Å². The number of aromatic nitrogens is 3. The first-order valence-electron chi connectivity index (χ1n) is 8.21. The molecule has 1 unspecified atom stereocenters. The summed E-state index contributed by atoms with van der Waals surface area (Å²) in [7, 11) is 0. The van der Waals surface area contributed by atoms with Crippen LogP contribution in [0.15, 0.2) is 36.8 Å². The first-order valence-corrected chi connectivity index (χ1v) is 8.21. The summed E-state index contributed by atoms with van der Waals surface area (Å²) in [5.41, 5.74) is 2.86. The summed E-state index contributed by atoms with van der Waals surface area (Å²) >= 11 is 0. The molecule has 0 spiro atoms. The van der Waals surface area contributed by atoms with Gasteiger partial charge in [0.05, 0.1) is 12.6 Å². The Morgan fingerprint density at radius 1 is 1.48 bits per heavy atom. The fourth-order valence-electron chi connectivity index (χ4n) is 3.21. The maximum absolute atomic E-state index is 13.6. The minimum absolute atomic E-state index is 0.0351. The van der Waals surface area contributed by atoms with Crippen LogP contribution < -0.4 is 5.32 Å². The number of nitrogens with zero attached hydrogens (tertiary/aromatic N) is 3. The summed E-state index contributed by atoms with van der Waals surface area (Å²) in [6.07, 6.45) is 6.71. The molecular weight excluding hydrogens is 323 g/mol. The first-order chi connectivity index (χ1) is 12.2. The van der Waals surface area contributed by atoms with Crippen LogP contribution in [-0.2, 0) is 11.2 Å². The minimum Gasteiger partial charge on any atom is -0.461 e. The van der Waals surface area contributed by atoms with Crippen molar-refractivity contribution in [3.8, 4) is 0 Å². The smallest absolute Gasteiger partial charge is 0.358 e. The Balaban J connectivity index is 1.67. The van der Waals surface area contributed by atoms with Crippen LogP contribution in [0.1, 0.15) is 41.0 Å². The number of hydrogen-bond acceptors (Lipinski definition) is 5. The molecule has 1 aliphatic carbocycles. The standard InChI is InChI=1S/C18H17FN4O2/c1-2-25-18(24)15-10-23-8-7-20-16(17(23)22-15)21-14-6-4-11-3-5-12(19)9-13(11)14/h3,5,7-10,14H,2,4,6H2,1H3,(H,20,21). The van der Waals surface area contributed by atoms with Crippen LogP contribution in [0.3, 0.4) is 0 Å². The summed E-state index contributed by atoms with van der Waals surface area (Å²) in [5, 5.41) is 3.34. The van der Waals surface area contributed by atoms with E-state index in [0.717, 1.165) is 24.0 Å². The largest absolute Gasteiger partial charge is 0.461 e. The third-order valence-electron chi connectivity index (χ3n) is 4.36. The van der Waals surface area contributed by atoms with E-state index >= 15 is 0 Å². The number of aryl methyl sites for hydroxylation is 1. The second-order valence-corrected chi connectivity index (χ2v) is 5.93. The molecular formula is C18H17FN4O2. The molecule has 128 valence electrons. The van der Waals surface area contributed by atoms with Crippen molar-refractivity contribution >= 4 is 17.4 Å². The zero-order valence-electron chi connectivity index (χ0n) is 13.7. The number of carbonyl (C=O) groups is 1. The number of fused-ring (bicyclic) bond motifs is 2. The van der Waals surface area contributed by atoms with Crippen LogP contribution in [0, 0.1) is 5.82 Å². The summed E-state index contributed by atoms with van der Waals surface area (Å²) in [6, 6.07) is 4.84. The number of carbonyl (C=O) groups excluding carboxylic acids is 1. The number of esters is 1. The topological polar surface area (TPSA) is 68.5 Å². The molecule has 0 aliphatic heterocycles. The summed E-state index contributed by atoms with van der Waals surface area (Å²) in [6.45, 7) is 2.04. The van der Waals surface area contributed by atoms with Gasteiger partial charge in [0.15, 0.2) is 17.2 Å². The van der Waals surface area contributed by atoms with Crippen molar-refractivity contribution in [3.63, 3.8) is 0 Å². The lowest BCUT2D eigenvalue weighted by molar-refractivity contribution is 0.0520. The predicted octanol–water partition coefficient (Wildman–Crippen LogP) is 3.14. The monoisotopic (exact) mass is 340 g/mol. The summed E-state index contributed by atoms with van der Waals surface area (Å²) < 4.78 is 20.3. The Bertz CT molecular complexity index is 953. The van der Waals surface area contributed by atoms with Gasteiger partial charge in [0, 0.05) is 18.6 Å². The molecule has 0 bridgehead atoms. The van der Waals surface area contributed by atoms with Gasteiger partial charge in [-0.2, -0.15) is 0 Å². The van der Waals surface area contributed by atoms with Gasteiger partial charge in [-0.05, 0) is 43.0 Å². The number of halogens is 1. The quantitative estimate of drug-likeness (QED) is 0.739. The average Bonchev–Trinajstić information content (AvgIpc) is 3.20. The Hall–Kier alpha value is -2.96. The SMILES string of the molecule is CCOC(=O)c1cn2ccnc(NC3CCc4ccc(F)cc43)c2n1. The second-order valence-electron chi connectivity index (χ2n) is 5.93. The highest BCUT2D eigenvalue weighted by Gasteiger charge is 2.24. The fraction of sp³-hybridized carbons (Fsp3) is 0.278. The Morgan fingerprint density at radius 2 is 2.36 bits per heavy atom. The highest BCUT2D eigenvalue weighted by atomic mass is 19.1. The zero-order valence-corrected chi connectivity index (χ0v) is 13.7. The predicted molar refractivity (Wildman–Crippen MR) is 90.0 cm³/mol. The van der Waals surface area contributed by atoms with Gasteiger partial charge in [-0.25, -0.2) is 19.2 Å². The maximum atomic E-state index is 13.6. The zero-order chi connectivity index (χ0) is 17.4. The van der Waals surface area contributed by atoms with E-state index in [1.54, 1.807) is 36.0 Å². The number of hydrogen-bond donors (Lipinski definition) is 1. The van der Waals surface area contributed by atoms with E-state index in [4.69, 9.17) is 4.74 Å². The molecule has 2 heterocycles. The second kappa shape index (κ2) is 6.16. The molecule has 1 aliphatic rings. The van der Waals surface area contributed by atoms with Crippen molar-refractivity contribution < 1.29 is 13.9 Å². The highest BCUT2D eigenvalue weighted by Crippen LogP contribution is 2.34. The molecule has 1 atom stereocenters. The number of anilines is 1. The highest BCUT2D eigenvalue weighted by molar-refractivity contribution is 5.88. The minimum atomic E-state index is -0.467. The molecule has 4 rings (SSSR count). The number of ether oxygens (including phenoxy) is 1. The number of nitrogens with one attached hydrogen (secondary N) is 1. The number of benzene rings is 1. The molecule has 0 fully saturated rings. The molecule has 0 saturated heterocycles. The van der Waals surface area contributed by atoms with E-state index in [2.05, 4.69) is 15.3 Å². The molecule has 3 aromatic rings. The van der Waals surface area contributed by atoms with Gasteiger partial charge >= 0.3 is 5.97 Å². The maximum Gasteiger partial charge on any atom is 0.358 e. The Kier molecular flexibility index (Phi) is 3.83. The Labute approximate surface area is 143 Å². The number of imidazole rings is 1. The van der Waals surface area contributed by atoms with Crippen molar-refractivity contribution in [2.24, 2.45) is 0 Å². The molecule has 0 radical (unpaired) electrons. The first kappa shape index (κ1) is 15.6. The van der Waals surface area contributed by atoms with Gasteiger partial charge in [0.1, 0.15) is 5.82 Å². The number of rotatable bonds is 4.